The first-order valence-electron chi connectivity index (χ1n) is 2.01. The summed E-state index contributed by atoms with van der Waals surface area (Å²) in [4.78, 5) is 17.3. The van der Waals surface area contributed by atoms with E-state index in [1.807, 2.05) is 0 Å². The molecule has 6 nitrogen and oxygen atoms in total. The minimum absolute atomic E-state index is 0. The maximum Gasteiger partial charge on any atom is 1.00 e. The standard InChI is InChI=1S/C3H3N3O3.2Ag/c7-1-4-2(8)6-3(9)5-1;;/h(H3,4,5,6,7,8,9);;/q;2*+1/p-2. The van der Waals surface area contributed by atoms with E-state index in [4.69, 9.17) is 0 Å². The van der Waals surface area contributed by atoms with Crippen molar-refractivity contribution >= 4 is 0 Å². The molecule has 0 fully saturated rings. The van der Waals surface area contributed by atoms with Crippen molar-refractivity contribution in [3.8, 4) is 12.0 Å². The average Bonchev–Trinajstić information content (AvgIpc) is 1.59. The van der Waals surface area contributed by atoms with Gasteiger partial charge in [-0.05, 0) is 0 Å². The van der Waals surface area contributed by atoms with Crippen molar-refractivity contribution in [3.05, 3.63) is 10.5 Å². The molecule has 0 spiro atoms. The zero-order valence-electron chi connectivity index (χ0n) is 4.72. The van der Waals surface area contributed by atoms with Crippen LogP contribution in [-0.2, 0) is 44.8 Å². The summed E-state index contributed by atoms with van der Waals surface area (Å²) >= 11 is 0. The van der Waals surface area contributed by atoms with Crippen molar-refractivity contribution in [2.45, 2.75) is 0 Å². The SMILES string of the molecule is O=c1nc([O-])nc([O-])[nH]1.[Ag+].[Ag+]. The summed E-state index contributed by atoms with van der Waals surface area (Å²) in [6.07, 6.45) is 0. The van der Waals surface area contributed by atoms with E-state index in [9.17, 15) is 15.0 Å². The Kier molecular flexibility index (Phi) is 6.78. The number of rotatable bonds is 0. The van der Waals surface area contributed by atoms with Crippen molar-refractivity contribution in [1.29, 1.82) is 0 Å². The van der Waals surface area contributed by atoms with E-state index >= 15 is 0 Å². The minimum atomic E-state index is -1.05. The number of hydrogen-bond donors (Lipinski definition) is 1. The minimum Gasteiger partial charge on any atom is -0.846 e. The van der Waals surface area contributed by atoms with Crippen LogP contribution in [0.5, 0.6) is 12.0 Å². The maximum absolute atomic E-state index is 10.1. The van der Waals surface area contributed by atoms with E-state index in [2.05, 4.69) is 9.97 Å². The van der Waals surface area contributed by atoms with Gasteiger partial charge in [-0.2, -0.15) is 4.98 Å². The van der Waals surface area contributed by atoms with Gasteiger partial charge in [0.25, 0.3) is 0 Å². The van der Waals surface area contributed by atoms with Crippen LogP contribution in [0.25, 0.3) is 0 Å². The largest absolute Gasteiger partial charge is 1.00 e. The molecule has 0 atom stereocenters. The molecule has 0 saturated carbocycles. The number of aromatic nitrogens is 3. The molecule has 1 aromatic heterocycles. The first-order valence-corrected chi connectivity index (χ1v) is 2.01. The molecule has 0 aliphatic rings. The molecule has 0 saturated heterocycles. The Morgan fingerprint density at radius 1 is 1.18 bits per heavy atom. The summed E-state index contributed by atoms with van der Waals surface area (Å²) in [6, 6.07) is -2.01. The Bertz CT molecular complexity index is 252. The third-order valence-electron chi connectivity index (χ3n) is 0.608. The molecule has 1 aromatic rings. The van der Waals surface area contributed by atoms with Gasteiger partial charge in [0.1, 0.15) is 0 Å². The van der Waals surface area contributed by atoms with E-state index in [-0.39, 0.29) is 44.8 Å². The Morgan fingerprint density at radius 2 is 1.73 bits per heavy atom. The molecule has 1 N–H and O–H groups in total. The Balaban J connectivity index is 0. The van der Waals surface area contributed by atoms with Gasteiger partial charge in [-0.25, -0.2) is 9.78 Å². The summed E-state index contributed by atoms with van der Waals surface area (Å²) < 4.78 is 0. The van der Waals surface area contributed by atoms with Crippen LogP contribution in [0.4, 0.5) is 0 Å². The number of hydrogen-bond acceptors (Lipinski definition) is 5. The van der Waals surface area contributed by atoms with Crippen molar-refractivity contribution in [2.75, 3.05) is 0 Å². The zero-order valence-corrected chi connectivity index (χ0v) is 7.69. The quantitative estimate of drug-likeness (QED) is 0.517. The van der Waals surface area contributed by atoms with Gasteiger partial charge in [0.05, 0.1) is 12.0 Å². The molecule has 8 heteroatoms. The average molecular weight is 343 g/mol. The molecule has 11 heavy (non-hydrogen) atoms. The first-order chi connectivity index (χ1) is 4.18. The fraction of sp³-hybridized carbons (Fsp3) is 0. The van der Waals surface area contributed by atoms with Gasteiger partial charge in [-0.1, -0.05) is 0 Å². The first kappa shape index (κ1) is 13.5. The number of aromatic amines is 1. The fourth-order valence-electron chi connectivity index (χ4n) is 0.346. The Labute approximate surface area is 92.1 Å². The van der Waals surface area contributed by atoms with Crippen LogP contribution in [0.15, 0.2) is 4.79 Å². The van der Waals surface area contributed by atoms with Gasteiger partial charge in [0.15, 0.2) is 0 Å². The van der Waals surface area contributed by atoms with Crippen LogP contribution in [0.1, 0.15) is 0 Å². The second-order valence-corrected chi connectivity index (χ2v) is 1.24. The molecule has 0 aliphatic carbocycles. The molecule has 0 unspecified atom stereocenters. The van der Waals surface area contributed by atoms with Gasteiger partial charge < -0.3 is 15.2 Å². The van der Waals surface area contributed by atoms with Crippen molar-refractivity contribution in [2.24, 2.45) is 0 Å². The molecule has 1 rings (SSSR count). The fourth-order valence-corrected chi connectivity index (χ4v) is 0.346. The van der Waals surface area contributed by atoms with E-state index in [1.165, 1.54) is 0 Å². The van der Waals surface area contributed by atoms with E-state index in [0.29, 0.717) is 0 Å². The van der Waals surface area contributed by atoms with Crippen molar-refractivity contribution in [1.82, 2.24) is 15.0 Å². The predicted octanol–water partition coefficient (Wildman–Crippen LogP) is -2.69. The van der Waals surface area contributed by atoms with Crippen LogP contribution in [0.3, 0.4) is 0 Å². The summed E-state index contributed by atoms with van der Waals surface area (Å²) in [5, 5.41) is 20.2. The van der Waals surface area contributed by atoms with Gasteiger partial charge in [0.2, 0.25) is 0 Å². The Morgan fingerprint density at radius 3 is 2.09 bits per heavy atom. The van der Waals surface area contributed by atoms with Crippen LogP contribution in [-0.4, -0.2) is 15.0 Å². The topological polar surface area (TPSA) is 105 Å². The van der Waals surface area contributed by atoms with Crippen LogP contribution >= 0.6 is 0 Å². The van der Waals surface area contributed by atoms with Crippen LogP contribution in [0.2, 0.25) is 0 Å². The predicted molar refractivity (Wildman–Crippen MR) is 21.5 cm³/mol. The van der Waals surface area contributed by atoms with Crippen LogP contribution < -0.4 is 15.9 Å². The number of nitrogens with zero attached hydrogens (tertiary/aromatic N) is 2. The molecule has 0 bridgehead atoms. The van der Waals surface area contributed by atoms with Crippen molar-refractivity contribution < 1.29 is 55.0 Å². The van der Waals surface area contributed by atoms with Crippen LogP contribution in [0, 0.1) is 0 Å². The number of nitrogens with one attached hydrogen (secondary N) is 1. The molecule has 0 aliphatic heterocycles. The molecule has 0 aromatic carbocycles. The normalized spacial score (nSPS) is 7.64. The van der Waals surface area contributed by atoms with Gasteiger partial charge in [-0.15, -0.1) is 0 Å². The monoisotopic (exact) mass is 341 g/mol. The third kappa shape index (κ3) is 4.36. The second-order valence-electron chi connectivity index (χ2n) is 1.24. The number of H-pyrrole nitrogens is 1. The summed E-state index contributed by atoms with van der Waals surface area (Å²) in [7, 11) is 0. The second kappa shape index (κ2) is 5.53. The molecule has 0 amide bonds. The molecular formula is C3HAg2N3O3. The smallest absolute Gasteiger partial charge is 0.846 e. The summed E-state index contributed by atoms with van der Waals surface area (Å²) in [6.45, 7) is 0. The third-order valence-corrected chi connectivity index (χ3v) is 0.608. The summed E-state index contributed by atoms with van der Waals surface area (Å²) in [5.74, 6) is 0. The summed E-state index contributed by atoms with van der Waals surface area (Å²) in [5.41, 5.74) is -0.958. The van der Waals surface area contributed by atoms with E-state index < -0.39 is 17.7 Å². The molecule has 1 heterocycles. The molecule has 0 radical (unpaired) electrons. The van der Waals surface area contributed by atoms with Gasteiger partial charge >= 0.3 is 50.5 Å². The molecule has 68 valence electrons. The van der Waals surface area contributed by atoms with Gasteiger partial charge in [-0.3, -0.25) is 0 Å². The molecular weight excluding hydrogens is 342 g/mol. The van der Waals surface area contributed by atoms with Crippen molar-refractivity contribution in [3.63, 3.8) is 0 Å². The zero-order chi connectivity index (χ0) is 6.85. The van der Waals surface area contributed by atoms with Gasteiger partial charge in [0, 0.05) is 0 Å². The maximum atomic E-state index is 10.1. The van der Waals surface area contributed by atoms with E-state index in [1.54, 1.807) is 4.98 Å². The Hall–Kier alpha value is -0.109. The van der Waals surface area contributed by atoms with E-state index in [0.717, 1.165) is 0 Å².